The van der Waals surface area contributed by atoms with Crippen molar-refractivity contribution in [3.05, 3.63) is 70.0 Å². The third-order valence-corrected chi connectivity index (χ3v) is 3.47. The Morgan fingerprint density at radius 1 is 0.952 bits per heavy atom. The van der Waals surface area contributed by atoms with Gasteiger partial charge < -0.3 is 0 Å². The maximum atomic E-state index is 13.2. The first-order chi connectivity index (χ1) is 9.97. The van der Waals surface area contributed by atoms with Gasteiger partial charge in [0.25, 0.3) is 0 Å². The molecule has 2 rings (SSSR count). The maximum Gasteiger partial charge on any atom is 0.126 e. The Kier molecular flexibility index (Phi) is 5.22. The van der Waals surface area contributed by atoms with Gasteiger partial charge in [0.1, 0.15) is 17.5 Å². The molecular weight excluding hydrogens is 301 g/mol. The van der Waals surface area contributed by atoms with Gasteiger partial charge in [-0.3, -0.25) is 11.3 Å². The van der Waals surface area contributed by atoms with Gasteiger partial charge >= 0.3 is 0 Å². The van der Waals surface area contributed by atoms with E-state index in [9.17, 15) is 13.2 Å². The van der Waals surface area contributed by atoms with E-state index in [0.717, 1.165) is 6.07 Å². The molecule has 0 radical (unpaired) electrons. The molecule has 112 valence electrons. The minimum atomic E-state index is -0.638. The lowest BCUT2D eigenvalue weighted by Crippen LogP contribution is -2.38. The van der Waals surface area contributed by atoms with Crippen molar-refractivity contribution in [1.29, 1.82) is 0 Å². The van der Waals surface area contributed by atoms with Crippen LogP contribution >= 0.6 is 11.6 Å². The Labute approximate surface area is 125 Å². The predicted octanol–water partition coefficient (Wildman–Crippen LogP) is 3.37. The lowest BCUT2D eigenvalue weighted by Gasteiger charge is -2.17. The second-order valence-electron chi connectivity index (χ2n) is 4.79. The summed E-state index contributed by atoms with van der Waals surface area (Å²) in [7, 11) is 0. The first-order valence-electron chi connectivity index (χ1n) is 6.33. The summed E-state index contributed by atoms with van der Waals surface area (Å²) < 4.78 is 39.3. The molecule has 0 aromatic heterocycles. The molecule has 0 aliphatic heterocycles. The summed E-state index contributed by atoms with van der Waals surface area (Å²) >= 11 is 5.96. The Bertz CT molecular complexity index is 614. The summed E-state index contributed by atoms with van der Waals surface area (Å²) in [6, 6.07) is 7.11. The molecule has 21 heavy (non-hydrogen) atoms. The molecule has 0 heterocycles. The zero-order valence-electron chi connectivity index (χ0n) is 11.0. The lowest BCUT2D eigenvalue weighted by atomic mass is 9.99. The van der Waals surface area contributed by atoms with Crippen molar-refractivity contribution in [1.82, 2.24) is 5.43 Å². The van der Waals surface area contributed by atoms with Crippen LogP contribution in [0.3, 0.4) is 0 Å². The number of nitrogens with two attached hydrogens (primary N) is 1. The van der Waals surface area contributed by atoms with Crippen molar-refractivity contribution in [3.63, 3.8) is 0 Å². The van der Waals surface area contributed by atoms with Crippen LogP contribution < -0.4 is 11.3 Å². The van der Waals surface area contributed by atoms with Crippen molar-refractivity contribution in [2.45, 2.75) is 18.9 Å². The summed E-state index contributed by atoms with van der Waals surface area (Å²) in [6.45, 7) is 0. The number of nitrogens with one attached hydrogen (secondary N) is 1. The molecule has 0 saturated heterocycles. The van der Waals surface area contributed by atoms with Crippen LogP contribution in [0.25, 0.3) is 0 Å². The van der Waals surface area contributed by atoms with Crippen molar-refractivity contribution in [2.75, 3.05) is 0 Å². The van der Waals surface area contributed by atoms with E-state index in [0.29, 0.717) is 29.0 Å². The fourth-order valence-corrected chi connectivity index (χ4v) is 2.40. The van der Waals surface area contributed by atoms with Gasteiger partial charge in [0.05, 0.1) is 0 Å². The molecule has 1 unspecified atom stereocenters. The zero-order chi connectivity index (χ0) is 15.4. The fourth-order valence-electron chi connectivity index (χ4n) is 2.16. The third kappa shape index (κ3) is 4.46. The summed E-state index contributed by atoms with van der Waals surface area (Å²) in [6.07, 6.45) is 0.729. The van der Waals surface area contributed by atoms with Gasteiger partial charge in [0.2, 0.25) is 0 Å². The molecular formula is C15H14ClF3N2. The Hall–Kier alpha value is -1.56. The lowest BCUT2D eigenvalue weighted by molar-refractivity contribution is 0.515. The largest absolute Gasteiger partial charge is 0.271 e. The van der Waals surface area contributed by atoms with Crippen LogP contribution in [-0.4, -0.2) is 6.04 Å². The minimum absolute atomic E-state index is 0.283. The molecule has 0 fully saturated rings. The molecule has 0 spiro atoms. The van der Waals surface area contributed by atoms with Gasteiger partial charge in [-0.1, -0.05) is 17.7 Å². The first kappa shape index (κ1) is 15.8. The quantitative estimate of drug-likeness (QED) is 0.656. The standard InChI is InChI=1S/C15H14ClF3N2/c16-15-8-11(17)2-1-10(15)6-14(21-20)5-9-3-12(18)7-13(19)4-9/h1-4,7-8,14,21H,5-6,20H2. The second-order valence-corrected chi connectivity index (χ2v) is 5.19. The molecule has 2 aromatic rings. The highest BCUT2D eigenvalue weighted by Gasteiger charge is 2.13. The molecule has 0 aliphatic rings. The zero-order valence-corrected chi connectivity index (χ0v) is 11.8. The van der Waals surface area contributed by atoms with Crippen LogP contribution in [0.15, 0.2) is 36.4 Å². The summed E-state index contributed by atoms with van der Waals surface area (Å²) in [4.78, 5) is 0. The molecule has 6 heteroatoms. The first-order valence-corrected chi connectivity index (χ1v) is 6.70. The summed E-state index contributed by atoms with van der Waals surface area (Å²) in [5, 5.41) is 0.292. The Balaban J connectivity index is 2.12. The average Bonchev–Trinajstić information content (AvgIpc) is 2.39. The highest BCUT2D eigenvalue weighted by molar-refractivity contribution is 6.31. The molecule has 0 saturated carbocycles. The number of rotatable bonds is 5. The van der Waals surface area contributed by atoms with E-state index >= 15 is 0 Å². The number of hydrogen-bond acceptors (Lipinski definition) is 2. The van der Waals surface area contributed by atoms with E-state index in [1.165, 1.54) is 24.3 Å². The number of hydrazine groups is 1. The average molecular weight is 315 g/mol. The highest BCUT2D eigenvalue weighted by atomic mass is 35.5. The van der Waals surface area contributed by atoms with E-state index < -0.39 is 17.5 Å². The van der Waals surface area contributed by atoms with Crippen LogP contribution in [0, 0.1) is 17.5 Å². The normalized spacial score (nSPS) is 12.4. The smallest absolute Gasteiger partial charge is 0.126 e. The monoisotopic (exact) mass is 314 g/mol. The van der Waals surface area contributed by atoms with Crippen LogP contribution in [0.2, 0.25) is 5.02 Å². The molecule has 0 bridgehead atoms. The van der Waals surface area contributed by atoms with E-state index in [1.54, 1.807) is 6.07 Å². The third-order valence-electron chi connectivity index (χ3n) is 3.12. The maximum absolute atomic E-state index is 13.2. The van der Waals surface area contributed by atoms with Crippen LogP contribution in [0.4, 0.5) is 13.2 Å². The Morgan fingerprint density at radius 3 is 2.19 bits per heavy atom. The molecule has 0 aliphatic carbocycles. The van der Waals surface area contributed by atoms with E-state index in [4.69, 9.17) is 17.4 Å². The van der Waals surface area contributed by atoms with Crippen molar-refractivity contribution in [3.8, 4) is 0 Å². The van der Waals surface area contributed by atoms with Gasteiger partial charge in [-0.2, -0.15) is 0 Å². The van der Waals surface area contributed by atoms with Gasteiger partial charge in [0.15, 0.2) is 0 Å². The highest BCUT2D eigenvalue weighted by Crippen LogP contribution is 2.20. The van der Waals surface area contributed by atoms with Gasteiger partial charge in [-0.25, -0.2) is 13.2 Å². The van der Waals surface area contributed by atoms with E-state index in [-0.39, 0.29) is 6.04 Å². The van der Waals surface area contributed by atoms with Crippen molar-refractivity contribution >= 4 is 11.6 Å². The Morgan fingerprint density at radius 2 is 1.62 bits per heavy atom. The van der Waals surface area contributed by atoms with Gasteiger partial charge in [-0.15, -0.1) is 0 Å². The number of benzene rings is 2. The summed E-state index contributed by atoms with van der Waals surface area (Å²) in [5.41, 5.74) is 3.77. The fraction of sp³-hybridized carbons (Fsp3) is 0.200. The molecule has 1 atom stereocenters. The van der Waals surface area contributed by atoms with E-state index in [1.807, 2.05) is 0 Å². The minimum Gasteiger partial charge on any atom is -0.271 e. The molecule has 2 nitrogen and oxygen atoms in total. The van der Waals surface area contributed by atoms with Crippen LogP contribution in [-0.2, 0) is 12.8 Å². The van der Waals surface area contributed by atoms with Crippen molar-refractivity contribution in [2.24, 2.45) is 5.84 Å². The molecule has 0 amide bonds. The predicted molar refractivity (Wildman–Crippen MR) is 76.3 cm³/mol. The molecule has 3 N–H and O–H groups in total. The summed E-state index contributed by atoms with van der Waals surface area (Å²) in [5.74, 6) is 3.77. The van der Waals surface area contributed by atoms with E-state index in [2.05, 4.69) is 5.43 Å². The number of halogens is 4. The second kappa shape index (κ2) is 6.93. The SMILES string of the molecule is NNC(Cc1cc(F)cc(F)c1)Cc1ccc(F)cc1Cl. The van der Waals surface area contributed by atoms with Crippen molar-refractivity contribution < 1.29 is 13.2 Å². The number of hydrogen-bond donors (Lipinski definition) is 2. The topological polar surface area (TPSA) is 38.0 Å². The molecule has 2 aromatic carbocycles. The van der Waals surface area contributed by atoms with Gasteiger partial charge in [-0.05, 0) is 48.2 Å². The van der Waals surface area contributed by atoms with Crippen LogP contribution in [0.5, 0.6) is 0 Å². The van der Waals surface area contributed by atoms with Crippen LogP contribution in [0.1, 0.15) is 11.1 Å². The van der Waals surface area contributed by atoms with Gasteiger partial charge in [0, 0.05) is 17.1 Å².